The zero-order valence-electron chi connectivity index (χ0n) is 18.4. The summed E-state index contributed by atoms with van der Waals surface area (Å²) in [6, 6.07) is 8.15. The highest BCUT2D eigenvalue weighted by molar-refractivity contribution is 7.89. The molecule has 10 nitrogen and oxygen atoms in total. The van der Waals surface area contributed by atoms with E-state index in [4.69, 9.17) is 4.74 Å². The first-order valence-electron chi connectivity index (χ1n) is 10.3. The van der Waals surface area contributed by atoms with E-state index < -0.39 is 22.0 Å². The molecule has 0 aromatic heterocycles. The van der Waals surface area contributed by atoms with Crippen LogP contribution in [0.15, 0.2) is 41.3 Å². The molecule has 1 saturated heterocycles. The minimum atomic E-state index is -3.76. The highest BCUT2D eigenvalue weighted by Gasteiger charge is 2.38. The number of sulfonamides is 1. The van der Waals surface area contributed by atoms with Gasteiger partial charge < -0.3 is 20.3 Å². The highest BCUT2D eigenvalue weighted by Crippen LogP contribution is 2.31. The van der Waals surface area contributed by atoms with Crippen molar-refractivity contribution in [2.45, 2.75) is 23.8 Å². The summed E-state index contributed by atoms with van der Waals surface area (Å²) in [5.74, 6) is -0.909. The number of fused-ring (bicyclic) bond motifs is 2. The van der Waals surface area contributed by atoms with Crippen molar-refractivity contribution in [1.82, 2.24) is 9.21 Å². The van der Waals surface area contributed by atoms with Crippen LogP contribution in [0.4, 0.5) is 11.4 Å². The van der Waals surface area contributed by atoms with Crippen LogP contribution in [-0.2, 0) is 14.8 Å². The third kappa shape index (κ3) is 4.05. The Bertz CT molecular complexity index is 1260. The Kier molecular flexibility index (Phi) is 5.85. The summed E-state index contributed by atoms with van der Waals surface area (Å²) >= 11 is 0. The molecule has 0 aliphatic carbocycles. The van der Waals surface area contributed by atoms with Gasteiger partial charge >= 0.3 is 0 Å². The SMILES string of the molecule is COc1ccc(S(=O)(=O)N(C)C)cc1C(=O)Nc1ccc2c(c1)C(=O)N1CCC[C@H]1C(=O)N2. The number of anilines is 2. The quantitative estimate of drug-likeness (QED) is 0.683. The zero-order valence-corrected chi connectivity index (χ0v) is 19.2. The molecule has 0 unspecified atom stereocenters. The van der Waals surface area contributed by atoms with E-state index in [1.807, 2.05) is 0 Å². The summed E-state index contributed by atoms with van der Waals surface area (Å²) in [4.78, 5) is 40.0. The van der Waals surface area contributed by atoms with Gasteiger partial charge in [0.1, 0.15) is 11.8 Å². The number of carbonyl (C=O) groups excluding carboxylic acids is 3. The molecule has 33 heavy (non-hydrogen) atoms. The lowest BCUT2D eigenvalue weighted by Gasteiger charge is -2.20. The molecule has 2 aromatic carbocycles. The van der Waals surface area contributed by atoms with Gasteiger partial charge in [-0.2, -0.15) is 0 Å². The Morgan fingerprint density at radius 2 is 1.94 bits per heavy atom. The standard InChI is InChI=1S/C22H24N4O6S/c1-25(2)33(30,31)14-7-9-19(32-3)16(12-14)20(27)23-13-6-8-17-15(11-13)22(29)26-10-4-5-18(26)21(28)24-17/h6-9,11-12,18H,4-5,10H2,1-3H3,(H,23,27)(H,24,28)/t18-/m0/s1. The number of amides is 3. The maximum absolute atomic E-state index is 13.0. The Hall–Kier alpha value is -3.44. The average Bonchev–Trinajstić information content (AvgIpc) is 3.26. The van der Waals surface area contributed by atoms with Gasteiger partial charge in [0, 0.05) is 26.3 Å². The molecule has 3 amide bonds. The number of benzene rings is 2. The Balaban J connectivity index is 1.66. The molecule has 11 heteroatoms. The Morgan fingerprint density at radius 3 is 2.64 bits per heavy atom. The second-order valence-electron chi connectivity index (χ2n) is 8.01. The van der Waals surface area contributed by atoms with Crippen LogP contribution in [0.5, 0.6) is 5.75 Å². The molecule has 0 radical (unpaired) electrons. The number of ether oxygens (including phenoxy) is 1. The lowest BCUT2D eigenvalue weighted by molar-refractivity contribution is -0.119. The van der Waals surface area contributed by atoms with Crippen LogP contribution in [-0.4, -0.2) is 69.1 Å². The van der Waals surface area contributed by atoms with Crippen molar-refractivity contribution < 1.29 is 27.5 Å². The predicted molar refractivity (Wildman–Crippen MR) is 121 cm³/mol. The van der Waals surface area contributed by atoms with Crippen molar-refractivity contribution in [1.29, 1.82) is 0 Å². The van der Waals surface area contributed by atoms with E-state index in [9.17, 15) is 22.8 Å². The number of nitrogens with one attached hydrogen (secondary N) is 2. The Labute approximate surface area is 191 Å². The lowest BCUT2D eigenvalue weighted by atomic mass is 10.1. The van der Waals surface area contributed by atoms with E-state index in [-0.39, 0.29) is 33.6 Å². The minimum absolute atomic E-state index is 0.0228. The lowest BCUT2D eigenvalue weighted by Crippen LogP contribution is -2.40. The van der Waals surface area contributed by atoms with Crippen LogP contribution in [0, 0.1) is 0 Å². The largest absolute Gasteiger partial charge is 0.496 e. The summed E-state index contributed by atoms with van der Waals surface area (Å²) < 4.78 is 31.3. The van der Waals surface area contributed by atoms with E-state index in [1.165, 1.54) is 45.5 Å². The molecule has 2 heterocycles. The number of rotatable bonds is 5. The normalized spacial score (nSPS) is 17.8. The van der Waals surface area contributed by atoms with E-state index in [0.717, 1.165) is 10.7 Å². The summed E-state index contributed by atoms with van der Waals surface area (Å²) in [6.45, 7) is 0.497. The predicted octanol–water partition coefficient (Wildman–Crippen LogP) is 1.75. The zero-order chi connectivity index (χ0) is 23.9. The van der Waals surface area contributed by atoms with Crippen molar-refractivity contribution >= 4 is 39.1 Å². The second kappa shape index (κ2) is 8.49. The first kappa shape index (κ1) is 22.7. The van der Waals surface area contributed by atoms with Crippen LogP contribution in [0.3, 0.4) is 0 Å². The third-order valence-corrected chi connectivity index (χ3v) is 7.59. The Morgan fingerprint density at radius 1 is 1.18 bits per heavy atom. The molecular formula is C22H24N4O6S. The van der Waals surface area contributed by atoms with E-state index in [0.29, 0.717) is 24.3 Å². The summed E-state index contributed by atoms with van der Waals surface area (Å²) in [7, 11) is 0.414. The number of nitrogens with zero attached hydrogens (tertiary/aromatic N) is 2. The maximum atomic E-state index is 13.0. The fraction of sp³-hybridized carbons (Fsp3) is 0.318. The molecule has 4 rings (SSSR count). The summed E-state index contributed by atoms with van der Waals surface area (Å²) in [6.07, 6.45) is 1.36. The van der Waals surface area contributed by atoms with Crippen molar-refractivity contribution in [3.05, 3.63) is 47.5 Å². The van der Waals surface area contributed by atoms with Crippen LogP contribution in [0.1, 0.15) is 33.6 Å². The number of hydrogen-bond donors (Lipinski definition) is 2. The van der Waals surface area contributed by atoms with Crippen molar-refractivity contribution in [3.63, 3.8) is 0 Å². The molecule has 1 atom stereocenters. The fourth-order valence-corrected chi connectivity index (χ4v) is 4.92. The van der Waals surface area contributed by atoms with Gasteiger partial charge in [-0.05, 0) is 49.2 Å². The molecule has 2 aliphatic heterocycles. The van der Waals surface area contributed by atoms with Gasteiger partial charge in [-0.1, -0.05) is 0 Å². The molecule has 0 saturated carbocycles. The number of carbonyl (C=O) groups is 3. The molecule has 2 aromatic rings. The van der Waals surface area contributed by atoms with Crippen molar-refractivity contribution in [2.24, 2.45) is 0 Å². The smallest absolute Gasteiger partial charge is 0.259 e. The van der Waals surface area contributed by atoms with Gasteiger partial charge in [0.2, 0.25) is 15.9 Å². The van der Waals surface area contributed by atoms with Gasteiger partial charge in [-0.25, -0.2) is 12.7 Å². The van der Waals surface area contributed by atoms with Gasteiger partial charge in [0.25, 0.3) is 11.8 Å². The van der Waals surface area contributed by atoms with Crippen LogP contribution in [0.25, 0.3) is 0 Å². The van der Waals surface area contributed by atoms with Crippen molar-refractivity contribution in [3.8, 4) is 5.75 Å². The summed E-state index contributed by atoms with van der Waals surface area (Å²) in [5, 5.41) is 5.48. The average molecular weight is 473 g/mol. The van der Waals surface area contributed by atoms with E-state index >= 15 is 0 Å². The van der Waals surface area contributed by atoms with Crippen molar-refractivity contribution in [2.75, 3.05) is 38.4 Å². The molecule has 2 N–H and O–H groups in total. The third-order valence-electron chi connectivity index (χ3n) is 5.78. The second-order valence-corrected chi connectivity index (χ2v) is 10.2. The van der Waals surface area contributed by atoms with Gasteiger partial charge in [0.05, 0.1) is 28.8 Å². The van der Waals surface area contributed by atoms with Crippen LogP contribution < -0.4 is 15.4 Å². The first-order valence-corrected chi connectivity index (χ1v) is 11.8. The molecule has 1 fully saturated rings. The summed E-state index contributed by atoms with van der Waals surface area (Å²) in [5.41, 5.74) is 1.01. The monoisotopic (exact) mass is 472 g/mol. The minimum Gasteiger partial charge on any atom is -0.496 e. The molecule has 0 spiro atoms. The topological polar surface area (TPSA) is 125 Å². The van der Waals surface area contributed by atoms with Crippen LogP contribution in [0.2, 0.25) is 0 Å². The number of hydrogen-bond acceptors (Lipinski definition) is 6. The fourth-order valence-electron chi connectivity index (χ4n) is 4.00. The molecule has 2 aliphatic rings. The molecule has 0 bridgehead atoms. The van der Waals surface area contributed by atoms with Crippen LogP contribution >= 0.6 is 0 Å². The van der Waals surface area contributed by atoms with E-state index in [2.05, 4.69) is 10.6 Å². The van der Waals surface area contributed by atoms with Gasteiger partial charge in [0.15, 0.2) is 0 Å². The number of methoxy groups -OCH3 is 1. The maximum Gasteiger partial charge on any atom is 0.259 e. The molecular weight excluding hydrogens is 448 g/mol. The van der Waals surface area contributed by atoms with E-state index in [1.54, 1.807) is 17.0 Å². The first-order chi connectivity index (χ1) is 15.6. The highest BCUT2D eigenvalue weighted by atomic mass is 32.2. The molecule has 174 valence electrons. The van der Waals surface area contributed by atoms with Gasteiger partial charge in [-0.15, -0.1) is 0 Å². The van der Waals surface area contributed by atoms with Gasteiger partial charge in [-0.3, -0.25) is 14.4 Å².